The first-order valence-corrected chi connectivity index (χ1v) is 6.67. The van der Waals surface area contributed by atoms with E-state index in [1.54, 1.807) is 20.8 Å². The average molecular weight is 273 g/mol. The van der Waals surface area contributed by atoms with Crippen molar-refractivity contribution in [3.8, 4) is 0 Å². The third kappa shape index (κ3) is 3.54. The number of rotatable bonds is 4. The maximum atomic E-state index is 13.6. The molecule has 0 aliphatic carbocycles. The van der Waals surface area contributed by atoms with Crippen molar-refractivity contribution in [3.63, 3.8) is 0 Å². The van der Waals surface area contributed by atoms with Crippen molar-refractivity contribution < 1.29 is 13.3 Å². The quantitative estimate of drug-likeness (QED) is 0.675. The van der Waals surface area contributed by atoms with Gasteiger partial charge in [0.15, 0.2) is 0 Å². The largest absolute Gasteiger partial charge is 0.598 e. The van der Waals surface area contributed by atoms with Gasteiger partial charge in [0, 0.05) is 16.9 Å². The lowest BCUT2D eigenvalue weighted by Crippen LogP contribution is -2.41. The van der Waals surface area contributed by atoms with Crippen LogP contribution in [-0.2, 0) is 11.4 Å². The summed E-state index contributed by atoms with van der Waals surface area (Å²) in [6, 6.07) is 2.79. The molecule has 2 atom stereocenters. The van der Waals surface area contributed by atoms with Gasteiger partial charge in [0.25, 0.3) is 0 Å². The molecule has 0 aliphatic rings. The van der Waals surface area contributed by atoms with E-state index in [1.165, 1.54) is 12.1 Å². The summed E-state index contributed by atoms with van der Waals surface area (Å²) in [7, 11) is 0. The van der Waals surface area contributed by atoms with Gasteiger partial charge < -0.3 is 4.55 Å². The molecule has 18 heavy (non-hydrogen) atoms. The highest BCUT2D eigenvalue weighted by atomic mass is 32.2. The first-order chi connectivity index (χ1) is 8.27. The van der Waals surface area contributed by atoms with Crippen LogP contribution in [0.1, 0.15) is 32.4 Å². The molecule has 0 saturated carbocycles. The summed E-state index contributed by atoms with van der Waals surface area (Å²) in [5.74, 6) is -1.36. The van der Waals surface area contributed by atoms with E-state index in [2.05, 4.69) is 11.3 Å². The molecule has 1 aromatic carbocycles. The van der Waals surface area contributed by atoms with Crippen LogP contribution < -0.4 is 4.72 Å². The molecule has 0 heterocycles. The summed E-state index contributed by atoms with van der Waals surface area (Å²) in [5.41, 5.74) is -0.162. The van der Waals surface area contributed by atoms with Crippen molar-refractivity contribution in [1.82, 2.24) is 4.72 Å². The molecule has 0 aromatic heterocycles. The van der Waals surface area contributed by atoms with E-state index in [9.17, 15) is 13.3 Å². The Labute approximate surface area is 109 Å². The summed E-state index contributed by atoms with van der Waals surface area (Å²) >= 11 is -1.44. The predicted octanol–water partition coefficient (Wildman–Crippen LogP) is 3.24. The molecule has 5 heteroatoms. The van der Waals surface area contributed by atoms with Gasteiger partial charge in [0.05, 0.1) is 0 Å². The van der Waals surface area contributed by atoms with Crippen LogP contribution in [0.5, 0.6) is 0 Å². The molecular weight excluding hydrogens is 256 g/mol. The van der Waals surface area contributed by atoms with Crippen molar-refractivity contribution in [2.45, 2.75) is 31.6 Å². The minimum atomic E-state index is -1.44. The van der Waals surface area contributed by atoms with Crippen molar-refractivity contribution in [2.24, 2.45) is 0 Å². The van der Waals surface area contributed by atoms with Gasteiger partial charge in [0.2, 0.25) is 0 Å². The molecule has 1 unspecified atom stereocenters. The van der Waals surface area contributed by atoms with Crippen LogP contribution in [0.3, 0.4) is 0 Å². The maximum Gasteiger partial charge on any atom is 0.136 e. The van der Waals surface area contributed by atoms with Crippen LogP contribution in [0.4, 0.5) is 8.78 Å². The van der Waals surface area contributed by atoms with E-state index >= 15 is 0 Å². The third-order valence-electron chi connectivity index (χ3n) is 2.34. The van der Waals surface area contributed by atoms with E-state index < -0.39 is 33.8 Å². The molecule has 0 aliphatic heterocycles. The lowest BCUT2D eigenvalue weighted by atomic mass is 10.1. The van der Waals surface area contributed by atoms with Crippen LogP contribution in [0.25, 0.3) is 0 Å². The highest BCUT2D eigenvalue weighted by molar-refractivity contribution is 7.90. The van der Waals surface area contributed by atoms with E-state index in [4.69, 9.17) is 0 Å². The van der Waals surface area contributed by atoms with Crippen LogP contribution in [-0.4, -0.2) is 9.30 Å². The van der Waals surface area contributed by atoms with Gasteiger partial charge in [0.1, 0.15) is 22.4 Å². The fraction of sp³-hybridized carbons (Fsp3) is 0.385. The standard InChI is InChI=1S/C13H17F2NOS/c1-5-11(16-18(17)13(2,3)4)12-9(14)7-6-8-10(12)15/h5-8,11,16H,1H2,2-4H3/t11-,18?/m0/s1. The summed E-state index contributed by atoms with van der Waals surface area (Å²) in [5, 5.41) is 0. The fourth-order valence-corrected chi connectivity index (χ4v) is 2.12. The zero-order valence-electron chi connectivity index (χ0n) is 10.7. The zero-order chi connectivity index (χ0) is 13.9. The second kappa shape index (κ2) is 5.82. The average Bonchev–Trinajstić information content (AvgIpc) is 2.25. The molecule has 100 valence electrons. The molecule has 0 saturated heterocycles. The predicted molar refractivity (Wildman–Crippen MR) is 70.3 cm³/mol. The Balaban J connectivity index is 3.01. The highest BCUT2D eigenvalue weighted by Crippen LogP contribution is 2.24. The van der Waals surface area contributed by atoms with Crippen LogP contribution >= 0.6 is 0 Å². The second-order valence-corrected chi connectivity index (χ2v) is 6.85. The SMILES string of the molecule is C=C[C@H](N[S+]([O-])C(C)(C)C)c1c(F)cccc1F. The molecule has 0 spiro atoms. The van der Waals surface area contributed by atoms with Crippen LogP contribution in [0, 0.1) is 11.6 Å². The zero-order valence-corrected chi connectivity index (χ0v) is 11.5. The third-order valence-corrected chi connectivity index (χ3v) is 3.92. The Morgan fingerprint density at radius 3 is 2.22 bits per heavy atom. The Morgan fingerprint density at radius 1 is 1.33 bits per heavy atom. The Bertz CT molecular complexity index is 411. The lowest BCUT2D eigenvalue weighted by molar-refractivity contribution is 0.514. The molecule has 0 bridgehead atoms. The van der Waals surface area contributed by atoms with Gasteiger partial charge >= 0.3 is 0 Å². The van der Waals surface area contributed by atoms with Crippen LogP contribution in [0.15, 0.2) is 30.9 Å². The maximum absolute atomic E-state index is 13.6. The number of hydrogen-bond donors (Lipinski definition) is 1. The highest BCUT2D eigenvalue weighted by Gasteiger charge is 2.30. The van der Waals surface area contributed by atoms with Gasteiger partial charge in [-0.3, -0.25) is 0 Å². The van der Waals surface area contributed by atoms with E-state index in [0.717, 1.165) is 12.1 Å². The Morgan fingerprint density at radius 2 is 1.83 bits per heavy atom. The smallest absolute Gasteiger partial charge is 0.136 e. The Hall–Kier alpha value is -0.910. The summed E-state index contributed by atoms with van der Waals surface area (Å²) in [6.07, 6.45) is 1.34. The fourth-order valence-electron chi connectivity index (χ4n) is 1.32. The number of nitrogens with one attached hydrogen (secondary N) is 1. The lowest BCUT2D eigenvalue weighted by Gasteiger charge is -2.27. The van der Waals surface area contributed by atoms with Gasteiger partial charge in [-0.25, -0.2) is 8.78 Å². The van der Waals surface area contributed by atoms with Gasteiger partial charge in [-0.05, 0) is 32.9 Å². The van der Waals surface area contributed by atoms with Gasteiger partial charge in [-0.15, -0.1) is 11.3 Å². The molecule has 1 aromatic rings. The van der Waals surface area contributed by atoms with Crippen LogP contribution in [0.2, 0.25) is 0 Å². The number of hydrogen-bond acceptors (Lipinski definition) is 2. The first kappa shape index (κ1) is 15.1. The summed E-state index contributed by atoms with van der Waals surface area (Å²) in [6.45, 7) is 8.84. The molecule has 0 fully saturated rings. The van der Waals surface area contributed by atoms with Crippen molar-refractivity contribution in [1.29, 1.82) is 0 Å². The molecule has 1 rings (SSSR count). The first-order valence-electron chi connectivity index (χ1n) is 5.52. The molecule has 1 N–H and O–H groups in total. The van der Waals surface area contributed by atoms with E-state index in [0.29, 0.717) is 0 Å². The van der Waals surface area contributed by atoms with Gasteiger partial charge in [-0.2, -0.15) is 0 Å². The van der Waals surface area contributed by atoms with Crippen molar-refractivity contribution in [2.75, 3.05) is 0 Å². The molecule has 2 nitrogen and oxygen atoms in total. The minimum absolute atomic E-state index is 0.162. The number of halogens is 2. The molecule has 0 amide bonds. The minimum Gasteiger partial charge on any atom is -0.598 e. The van der Waals surface area contributed by atoms with E-state index in [-0.39, 0.29) is 5.56 Å². The molecular formula is C13H17F2NOS. The van der Waals surface area contributed by atoms with E-state index in [1.807, 2.05) is 0 Å². The summed E-state index contributed by atoms with van der Waals surface area (Å²) < 4.78 is 41.3. The molecule has 0 radical (unpaired) electrons. The van der Waals surface area contributed by atoms with Gasteiger partial charge in [-0.1, -0.05) is 12.1 Å². The topological polar surface area (TPSA) is 35.1 Å². The van der Waals surface area contributed by atoms with Crippen molar-refractivity contribution in [3.05, 3.63) is 48.1 Å². The monoisotopic (exact) mass is 273 g/mol. The number of benzene rings is 1. The second-order valence-electron chi connectivity index (χ2n) is 4.85. The Kier molecular flexibility index (Phi) is 4.90. The normalized spacial score (nSPS) is 15.2. The van der Waals surface area contributed by atoms with Crippen molar-refractivity contribution >= 4 is 11.4 Å². The summed E-state index contributed by atoms with van der Waals surface area (Å²) in [4.78, 5) is 0.